The second-order valence-corrected chi connectivity index (χ2v) is 13.2. The maximum Gasteiger partial charge on any atom is 0.334 e. The molecule has 42 heavy (non-hydrogen) atoms. The van der Waals surface area contributed by atoms with Crippen LogP contribution >= 0.6 is 0 Å². The second kappa shape index (κ2) is 20.9. The third kappa shape index (κ3) is 13.8. The van der Waals surface area contributed by atoms with Gasteiger partial charge in [0.25, 0.3) is 0 Å². The molecule has 0 aromatic heterocycles. The normalized spacial score (nSPS) is 27.4. The standard InChI is InChI=1S/C35H62O7/c1-3-4-5-6-7-8-9-10-11-15-20-31-33-22-23-34(42-33)32(40-26-39-31)21-16-19-29(36)17-13-12-14-18-30(37)25-28-24-27(2)41-35(28)38/h24,27,29-34,36-37H,3-23,25-26H2,1-2H3/t27-,29+,30+,31-,32+,33-,34-/m0/s1. The van der Waals surface area contributed by atoms with E-state index in [1.165, 1.54) is 64.2 Å². The number of ether oxygens (including phenoxy) is 4. The van der Waals surface area contributed by atoms with Gasteiger partial charge in [0.15, 0.2) is 0 Å². The number of aliphatic hydroxyl groups excluding tert-OH is 2. The Morgan fingerprint density at radius 1 is 0.738 bits per heavy atom. The number of hydrogen-bond acceptors (Lipinski definition) is 7. The molecule has 3 heterocycles. The van der Waals surface area contributed by atoms with Gasteiger partial charge in [0.2, 0.25) is 0 Å². The molecule has 7 nitrogen and oxygen atoms in total. The van der Waals surface area contributed by atoms with Crippen LogP contribution in [0.2, 0.25) is 0 Å². The van der Waals surface area contributed by atoms with Gasteiger partial charge >= 0.3 is 5.97 Å². The van der Waals surface area contributed by atoms with Crippen LogP contribution in [0.25, 0.3) is 0 Å². The Labute approximate surface area is 256 Å². The summed E-state index contributed by atoms with van der Waals surface area (Å²) in [5.41, 5.74) is 0.591. The number of esters is 1. The van der Waals surface area contributed by atoms with Crippen molar-refractivity contribution in [1.82, 2.24) is 0 Å². The van der Waals surface area contributed by atoms with E-state index in [1.54, 1.807) is 6.08 Å². The van der Waals surface area contributed by atoms with E-state index in [9.17, 15) is 15.0 Å². The summed E-state index contributed by atoms with van der Waals surface area (Å²) in [6.45, 7) is 4.46. The summed E-state index contributed by atoms with van der Waals surface area (Å²) in [4.78, 5) is 11.7. The zero-order chi connectivity index (χ0) is 30.0. The van der Waals surface area contributed by atoms with Gasteiger partial charge in [-0.2, -0.15) is 0 Å². The van der Waals surface area contributed by atoms with Crippen LogP contribution in [0.4, 0.5) is 0 Å². The summed E-state index contributed by atoms with van der Waals surface area (Å²) in [6, 6.07) is 0. The van der Waals surface area contributed by atoms with Gasteiger partial charge in [-0.1, -0.05) is 90.4 Å². The smallest absolute Gasteiger partial charge is 0.334 e. The van der Waals surface area contributed by atoms with E-state index in [0.717, 1.165) is 64.2 Å². The molecule has 0 spiro atoms. The summed E-state index contributed by atoms with van der Waals surface area (Å²) in [5, 5.41) is 20.7. The van der Waals surface area contributed by atoms with Crippen molar-refractivity contribution in [2.24, 2.45) is 0 Å². The first-order valence-corrected chi connectivity index (χ1v) is 17.6. The Bertz CT molecular complexity index is 756. The van der Waals surface area contributed by atoms with Gasteiger partial charge in [-0.25, -0.2) is 4.79 Å². The number of hydrogen-bond donors (Lipinski definition) is 2. The minimum absolute atomic E-state index is 0.0530. The van der Waals surface area contributed by atoms with Crippen LogP contribution in [0, 0.1) is 0 Å². The molecule has 0 aromatic carbocycles. The molecule has 0 aliphatic carbocycles. The molecule has 2 saturated heterocycles. The molecule has 0 amide bonds. The number of rotatable bonds is 23. The molecule has 0 saturated carbocycles. The lowest BCUT2D eigenvalue weighted by molar-refractivity contribution is -0.209. The quantitative estimate of drug-likeness (QED) is 0.0925. The number of carbonyl (C=O) groups excluding carboxylic acids is 1. The SMILES string of the molecule is CCCCCCCCCCCC[C@@H]1OCO[C@H](CCC[C@H](O)CCCCC[C@@H](O)CC2=C[C@H](C)OC2=O)[C@@H]2CC[C@@H]1O2. The van der Waals surface area contributed by atoms with Crippen molar-refractivity contribution in [3.05, 3.63) is 11.6 Å². The van der Waals surface area contributed by atoms with Crippen LogP contribution in [0.15, 0.2) is 11.6 Å². The first kappa shape index (κ1) is 35.5. The lowest BCUT2D eigenvalue weighted by Crippen LogP contribution is -2.38. The molecule has 2 bridgehead atoms. The van der Waals surface area contributed by atoms with Gasteiger partial charge in [0.1, 0.15) is 12.9 Å². The largest absolute Gasteiger partial charge is 0.455 e. The summed E-state index contributed by atoms with van der Waals surface area (Å²) in [7, 11) is 0. The highest BCUT2D eigenvalue weighted by molar-refractivity contribution is 5.90. The first-order valence-electron chi connectivity index (χ1n) is 17.6. The maximum absolute atomic E-state index is 11.7. The topological polar surface area (TPSA) is 94.5 Å². The maximum atomic E-state index is 11.7. The highest BCUT2D eigenvalue weighted by atomic mass is 16.7. The number of cyclic esters (lactones) is 1. The molecule has 3 aliphatic heterocycles. The van der Waals surface area contributed by atoms with Crippen LogP contribution in [0.3, 0.4) is 0 Å². The second-order valence-electron chi connectivity index (χ2n) is 13.2. The highest BCUT2D eigenvalue weighted by Gasteiger charge is 2.38. The van der Waals surface area contributed by atoms with Crippen molar-refractivity contribution < 1.29 is 34.0 Å². The first-order chi connectivity index (χ1) is 20.5. The Kier molecular flexibility index (Phi) is 17.6. The van der Waals surface area contributed by atoms with Gasteiger partial charge in [-0.3, -0.25) is 0 Å². The molecule has 7 atom stereocenters. The van der Waals surface area contributed by atoms with Crippen molar-refractivity contribution in [3.63, 3.8) is 0 Å². The van der Waals surface area contributed by atoms with Crippen LogP contribution in [-0.4, -0.2) is 65.7 Å². The molecular formula is C35H62O7. The van der Waals surface area contributed by atoms with Crippen LogP contribution < -0.4 is 0 Å². The van der Waals surface area contributed by atoms with E-state index in [4.69, 9.17) is 18.9 Å². The van der Waals surface area contributed by atoms with Crippen molar-refractivity contribution in [1.29, 1.82) is 0 Å². The lowest BCUT2D eigenvalue weighted by Gasteiger charge is -2.31. The van der Waals surface area contributed by atoms with Gasteiger partial charge in [0.05, 0.1) is 36.6 Å². The molecule has 0 aromatic rings. The molecule has 3 aliphatic rings. The summed E-state index contributed by atoms with van der Waals surface area (Å²) in [5.74, 6) is -0.301. The van der Waals surface area contributed by atoms with E-state index < -0.39 is 6.10 Å². The fraction of sp³-hybridized carbons (Fsp3) is 0.914. The molecule has 3 rings (SSSR count). The fourth-order valence-electron chi connectivity index (χ4n) is 6.81. The predicted octanol–water partition coefficient (Wildman–Crippen LogP) is 7.69. The van der Waals surface area contributed by atoms with E-state index >= 15 is 0 Å². The van der Waals surface area contributed by atoms with Gasteiger partial charge in [-0.15, -0.1) is 0 Å². The van der Waals surface area contributed by atoms with Gasteiger partial charge in [-0.05, 0) is 64.4 Å². The van der Waals surface area contributed by atoms with Crippen molar-refractivity contribution in [2.45, 2.75) is 198 Å². The lowest BCUT2D eigenvalue weighted by atomic mass is 9.98. The summed E-state index contributed by atoms with van der Waals surface area (Å²) in [6.07, 6.45) is 25.2. The van der Waals surface area contributed by atoms with Crippen molar-refractivity contribution >= 4 is 5.97 Å². The van der Waals surface area contributed by atoms with Gasteiger partial charge < -0.3 is 29.2 Å². The highest BCUT2D eigenvalue weighted by Crippen LogP contribution is 2.33. The molecule has 0 radical (unpaired) electrons. The Morgan fingerprint density at radius 3 is 1.86 bits per heavy atom. The third-order valence-electron chi connectivity index (χ3n) is 9.37. The zero-order valence-corrected chi connectivity index (χ0v) is 26.8. The third-order valence-corrected chi connectivity index (χ3v) is 9.37. The predicted molar refractivity (Wildman–Crippen MR) is 166 cm³/mol. The average molecular weight is 595 g/mol. The molecule has 2 fully saturated rings. The molecule has 0 unspecified atom stereocenters. The molecule has 7 heteroatoms. The molecule has 244 valence electrons. The van der Waals surface area contributed by atoms with Crippen LogP contribution in [-0.2, 0) is 23.7 Å². The number of carbonyl (C=O) groups is 1. The summed E-state index contributed by atoms with van der Waals surface area (Å²) < 4.78 is 23.8. The molecular weight excluding hydrogens is 532 g/mol. The van der Waals surface area contributed by atoms with Crippen molar-refractivity contribution in [2.75, 3.05) is 6.79 Å². The van der Waals surface area contributed by atoms with Gasteiger partial charge in [0, 0.05) is 12.0 Å². The van der Waals surface area contributed by atoms with Crippen LogP contribution in [0.5, 0.6) is 0 Å². The van der Waals surface area contributed by atoms with E-state index in [-0.39, 0.29) is 42.6 Å². The Balaban J connectivity index is 1.18. The minimum Gasteiger partial charge on any atom is -0.455 e. The Hall–Kier alpha value is -0.990. The van der Waals surface area contributed by atoms with E-state index in [0.29, 0.717) is 25.2 Å². The van der Waals surface area contributed by atoms with Crippen LogP contribution in [0.1, 0.15) is 155 Å². The van der Waals surface area contributed by atoms with E-state index in [2.05, 4.69) is 6.92 Å². The monoisotopic (exact) mass is 594 g/mol. The number of fused-ring (bicyclic) bond motifs is 2. The van der Waals surface area contributed by atoms with Crippen molar-refractivity contribution in [3.8, 4) is 0 Å². The fourth-order valence-corrected chi connectivity index (χ4v) is 6.81. The zero-order valence-electron chi connectivity index (χ0n) is 26.8. The molecule has 2 N–H and O–H groups in total. The number of unbranched alkanes of at least 4 members (excludes halogenated alkanes) is 11. The summed E-state index contributed by atoms with van der Waals surface area (Å²) >= 11 is 0. The average Bonchev–Trinajstić information content (AvgIpc) is 3.58. The Morgan fingerprint density at radius 2 is 1.26 bits per heavy atom. The minimum atomic E-state index is -0.515. The number of aliphatic hydroxyl groups is 2. The van der Waals surface area contributed by atoms with E-state index in [1.807, 2.05) is 6.92 Å².